The zero-order valence-electron chi connectivity index (χ0n) is 21.6. The molecule has 2 heterocycles. The van der Waals surface area contributed by atoms with E-state index in [1.54, 1.807) is 36.3 Å². The number of alkyl halides is 2. The van der Waals surface area contributed by atoms with Crippen LogP contribution >= 0.6 is 0 Å². The second kappa shape index (κ2) is 9.06. The third-order valence-corrected chi connectivity index (χ3v) is 8.37. The van der Waals surface area contributed by atoms with Crippen molar-refractivity contribution in [3.8, 4) is 5.75 Å². The fraction of sp³-hybridized carbons (Fsp3) is 0.556. The van der Waals surface area contributed by atoms with Crippen molar-refractivity contribution in [2.24, 2.45) is 5.41 Å². The zero-order chi connectivity index (χ0) is 26.7. The molecule has 0 bridgehead atoms. The summed E-state index contributed by atoms with van der Waals surface area (Å²) in [6.45, 7) is 0.671. The van der Waals surface area contributed by atoms with Crippen LogP contribution < -0.4 is 25.2 Å². The largest absolute Gasteiger partial charge is 0.495 e. The highest BCUT2D eigenvalue weighted by molar-refractivity contribution is 6.03. The van der Waals surface area contributed by atoms with Gasteiger partial charge in [0.15, 0.2) is 5.82 Å². The Morgan fingerprint density at radius 1 is 1.18 bits per heavy atom. The molecule has 11 heteroatoms. The monoisotopic (exact) mass is 526 g/mol. The van der Waals surface area contributed by atoms with Crippen LogP contribution in [0.2, 0.25) is 0 Å². The van der Waals surface area contributed by atoms with E-state index in [0.717, 1.165) is 31.5 Å². The van der Waals surface area contributed by atoms with Gasteiger partial charge in [-0.25, -0.2) is 13.8 Å². The molecule has 202 valence electrons. The van der Waals surface area contributed by atoms with Crippen LogP contribution in [0, 0.1) is 5.41 Å². The van der Waals surface area contributed by atoms with Crippen molar-refractivity contribution in [2.45, 2.75) is 69.4 Å². The molecular weight excluding hydrogens is 494 g/mol. The predicted molar refractivity (Wildman–Crippen MR) is 138 cm³/mol. The molecule has 1 aromatic heterocycles. The molecule has 38 heavy (non-hydrogen) atoms. The molecule has 0 radical (unpaired) electrons. The Kier molecular flexibility index (Phi) is 5.92. The van der Waals surface area contributed by atoms with Gasteiger partial charge in [-0.2, -0.15) is 4.98 Å². The van der Waals surface area contributed by atoms with E-state index < -0.39 is 17.9 Å². The summed E-state index contributed by atoms with van der Waals surface area (Å²) in [4.78, 5) is 39.2. The number of benzene rings is 1. The van der Waals surface area contributed by atoms with Crippen LogP contribution in [0.15, 0.2) is 24.4 Å². The highest BCUT2D eigenvalue weighted by Gasteiger charge is 2.55. The molecule has 1 spiro atoms. The first-order valence-corrected chi connectivity index (χ1v) is 13.2. The van der Waals surface area contributed by atoms with Crippen LogP contribution in [-0.4, -0.2) is 60.5 Å². The number of halogens is 2. The normalized spacial score (nSPS) is 22.1. The average Bonchev–Trinajstić information content (AvgIpc) is 3.49. The second-order valence-corrected chi connectivity index (χ2v) is 11.1. The summed E-state index contributed by atoms with van der Waals surface area (Å²) in [5.41, 5.74) is 1.24. The minimum absolute atomic E-state index is 0.129. The fourth-order valence-electron chi connectivity index (χ4n) is 5.94. The number of rotatable bonds is 6. The summed E-state index contributed by atoms with van der Waals surface area (Å²) in [5, 5.41) is 5.84. The standard InChI is InChI=1S/C27H32F2N6O3/c1-34-20-14-30-25(33-22(20)35(18-5-3-4-6-18)15-26(9-10-26)24(34)37)32-19-8-7-16(11-21(19)38-2)23(36)31-17-12-27(28,29)13-17/h7-8,11,14,17-18H,3-6,9-10,12-13,15H2,1-2H3,(H,31,36)(H,30,32,33). The Hall–Kier alpha value is -3.50. The molecule has 4 aliphatic rings. The molecule has 1 aromatic carbocycles. The Labute approximate surface area is 219 Å². The van der Waals surface area contributed by atoms with E-state index in [1.807, 2.05) is 0 Å². The third kappa shape index (κ3) is 4.41. The second-order valence-electron chi connectivity index (χ2n) is 11.1. The first-order chi connectivity index (χ1) is 18.2. The van der Waals surface area contributed by atoms with Gasteiger partial charge in [-0.15, -0.1) is 0 Å². The van der Waals surface area contributed by atoms with Crippen molar-refractivity contribution in [1.82, 2.24) is 15.3 Å². The summed E-state index contributed by atoms with van der Waals surface area (Å²) in [6, 6.07) is 4.66. The summed E-state index contributed by atoms with van der Waals surface area (Å²) in [6.07, 6.45) is 7.29. The van der Waals surface area contributed by atoms with E-state index in [9.17, 15) is 18.4 Å². The number of ether oxygens (including phenoxy) is 1. The first kappa shape index (κ1) is 24.8. The van der Waals surface area contributed by atoms with Gasteiger partial charge in [0, 0.05) is 44.1 Å². The molecule has 1 aliphatic heterocycles. The maximum Gasteiger partial charge on any atom is 0.252 e. The molecule has 3 aliphatic carbocycles. The summed E-state index contributed by atoms with van der Waals surface area (Å²) >= 11 is 0. The highest BCUT2D eigenvalue weighted by atomic mass is 19.3. The minimum Gasteiger partial charge on any atom is -0.495 e. The van der Waals surface area contributed by atoms with Crippen LogP contribution in [-0.2, 0) is 4.79 Å². The lowest BCUT2D eigenvalue weighted by Gasteiger charge is -2.35. The van der Waals surface area contributed by atoms with Gasteiger partial charge < -0.3 is 25.2 Å². The molecule has 0 unspecified atom stereocenters. The number of anilines is 4. The van der Waals surface area contributed by atoms with Gasteiger partial charge in [0.2, 0.25) is 11.9 Å². The van der Waals surface area contributed by atoms with E-state index in [2.05, 4.69) is 20.5 Å². The maximum absolute atomic E-state index is 13.3. The number of fused-ring (bicyclic) bond motifs is 1. The van der Waals surface area contributed by atoms with Crippen molar-refractivity contribution >= 4 is 35.0 Å². The number of methoxy groups -OCH3 is 1. The van der Waals surface area contributed by atoms with Gasteiger partial charge in [0.25, 0.3) is 11.8 Å². The third-order valence-electron chi connectivity index (χ3n) is 8.37. The van der Waals surface area contributed by atoms with Gasteiger partial charge in [-0.3, -0.25) is 9.59 Å². The van der Waals surface area contributed by atoms with Crippen molar-refractivity contribution in [3.63, 3.8) is 0 Å². The van der Waals surface area contributed by atoms with Gasteiger partial charge in [0.1, 0.15) is 11.4 Å². The molecule has 3 saturated carbocycles. The smallest absolute Gasteiger partial charge is 0.252 e. The lowest BCUT2D eigenvalue weighted by molar-refractivity contribution is -0.123. The number of carbonyl (C=O) groups is 2. The number of aromatic nitrogens is 2. The van der Waals surface area contributed by atoms with E-state index in [4.69, 9.17) is 9.72 Å². The Balaban J connectivity index is 1.25. The number of amides is 2. The molecule has 2 N–H and O–H groups in total. The van der Waals surface area contributed by atoms with Crippen molar-refractivity contribution < 1.29 is 23.1 Å². The quantitative estimate of drug-likeness (QED) is 0.580. The topological polar surface area (TPSA) is 99.7 Å². The van der Waals surface area contributed by atoms with Crippen LogP contribution in [0.4, 0.5) is 31.9 Å². The number of hydrogen-bond acceptors (Lipinski definition) is 7. The number of nitrogens with zero attached hydrogens (tertiary/aromatic N) is 4. The molecule has 0 atom stereocenters. The SMILES string of the molecule is COc1cc(C(=O)NC2CC(F)(F)C2)ccc1Nc1ncc2c(n1)N(C1CCCC1)CC1(CC1)C(=O)N2C. The van der Waals surface area contributed by atoms with Gasteiger partial charge in [-0.05, 0) is 43.9 Å². The molecule has 0 saturated heterocycles. The number of nitrogens with one attached hydrogen (secondary N) is 2. The lowest BCUT2D eigenvalue weighted by Crippen LogP contribution is -2.50. The van der Waals surface area contributed by atoms with Crippen LogP contribution in [0.1, 0.15) is 61.7 Å². The highest BCUT2D eigenvalue weighted by Crippen LogP contribution is 2.52. The first-order valence-electron chi connectivity index (χ1n) is 13.2. The summed E-state index contributed by atoms with van der Waals surface area (Å²) in [7, 11) is 3.29. The Morgan fingerprint density at radius 3 is 2.58 bits per heavy atom. The lowest BCUT2D eigenvalue weighted by atomic mass is 9.88. The molecule has 2 amide bonds. The molecular formula is C27H32F2N6O3. The number of hydrogen-bond donors (Lipinski definition) is 2. The average molecular weight is 527 g/mol. The van der Waals surface area contributed by atoms with E-state index in [1.165, 1.54) is 20.0 Å². The molecule has 3 fully saturated rings. The van der Waals surface area contributed by atoms with Gasteiger partial charge in [-0.1, -0.05) is 12.8 Å². The Bertz CT molecular complexity index is 1270. The van der Waals surface area contributed by atoms with Crippen molar-refractivity contribution in [3.05, 3.63) is 30.0 Å². The van der Waals surface area contributed by atoms with Crippen LogP contribution in [0.3, 0.4) is 0 Å². The maximum atomic E-state index is 13.3. The van der Waals surface area contributed by atoms with E-state index in [-0.39, 0.29) is 24.2 Å². The fourth-order valence-corrected chi connectivity index (χ4v) is 5.94. The van der Waals surface area contributed by atoms with Gasteiger partial charge >= 0.3 is 0 Å². The summed E-state index contributed by atoms with van der Waals surface area (Å²) < 4.78 is 31.8. The number of carbonyl (C=O) groups excluding carboxylic acids is 2. The van der Waals surface area contributed by atoms with Crippen molar-refractivity contribution in [2.75, 3.05) is 35.8 Å². The van der Waals surface area contributed by atoms with Crippen LogP contribution in [0.25, 0.3) is 0 Å². The van der Waals surface area contributed by atoms with Gasteiger partial charge in [0.05, 0.1) is 24.4 Å². The molecule has 2 aromatic rings. The van der Waals surface area contributed by atoms with Crippen molar-refractivity contribution in [1.29, 1.82) is 0 Å². The van der Waals surface area contributed by atoms with Crippen LogP contribution in [0.5, 0.6) is 5.75 Å². The Morgan fingerprint density at radius 2 is 1.92 bits per heavy atom. The van der Waals surface area contributed by atoms with E-state index in [0.29, 0.717) is 41.2 Å². The predicted octanol–water partition coefficient (Wildman–Crippen LogP) is 4.26. The molecule has 9 nitrogen and oxygen atoms in total. The zero-order valence-corrected chi connectivity index (χ0v) is 21.6. The van der Waals surface area contributed by atoms with E-state index >= 15 is 0 Å². The summed E-state index contributed by atoms with van der Waals surface area (Å²) in [5.74, 6) is -1.50. The molecule has 6 rings (SSSR count). The minimum atomic E-state index is -2.70.